The molecule has 0 radical (unpaired) electrons. The molecule has 2 aliphatic heterocycles. The van der Waals surface area contributed by atoms with Crippen LogP contribution in [0.4, 0.5) is 18.0 Å². The van der Waals surface area contributed by atoms with Crippen molar-refractivity contribution in [3.63, 3.8) is 0 Å². The van der Waals surface area contributed by atoms with Gasteiger partial charge in [0, 0.05) is 6.54 Å². The summed E-state index contributed by atoms with van der Waals surface area (Å²) in [7, 11) is 0. The van der Waals surface area contributed by atoms with Crippen molar-refractivity contribution < 1.29 is 32.2 Å². The van der Waals surface area contributed by atoms with Crippen molar-refractivity contribution in [1.82, 2.24) is 24.8 Å². The number of hydrogen-bond donors (Lipinski definition) is 0. The Labute approximate surface area is 254 Å². The Balaban J connectivity index is 1.45. The first-order chi connectivity index (χ1) is 20.5. The number of carbonyl (C=O) groups is 2. The monoisotopic (exact) mass is 613 g/mol. The standard InChI is InChI=1S/C32H38F3N5O4/c1-19-16-17-38(26(19)21-12-14-22(15-13-21)32(33,34)35)28(41)23-10-8-9-11-25(23)39-18-24(36-37-39)27-20(2)43-31(6,7)40(27)29(42)44-30(3,4)5/h8-15,18-20,26-27H,16-17H2,1-7H3/t19?,20-,26?,27+/m1/s1. The van der Waals surface area contributed by atoms with Crippen molar-refractivity contribution in [3.8, 4) is 5.69 Å². The van der Waals surface area contributed by atoms with Gasteiger partial charge in [-0.1, -0.05) is 36.4 Å². The third-order valence-corrected chi connectivity index (χ3v) is 8.10. The largest absolute Gasteiger partial charge is 0.444 e. The molecule has 44 heavy (non-hydrogen) atoms. The summed E-state index contributed by atoms with van der Waals surface area (Å²) in [4.78, 5) is 30.6. The summed E-state index contributed by atoms with van der Waals surface area (Å²) in [6.07, 6.45) is -3.01. The maximum atomic E-state index is 14.1. The molecule has 0 saturated carbocycles. The van der Waals surface area contributed by atoms with Crippen molar-refractivity contribution in [2.24, 2.45) is 5.92 Å². The van der Waals surface area contributed by atoms with Gasteiger partial charge in [0.25, 0.3) is 5.91 Å². The van der Waals surface area contributed by atoms with Gasteiger partial charge in [-0.2, -0.15) is 13.2 Å². The minimum atomic E-state index is -4.44. The number of likely N-dealkylation sites (tertiary alicyclic amines) is 1. The predicted molar refractivity (Wildman–Crippen MR) is 156 cm³/mol. The number of benzene rings is 2. The minimum Gasteiger partial charge on any atom is -0.444 e. The maximum absolute atomic E-state index is 14.1. The first-order valence-corrected chi connectivity index (χ1v) is 14.7. The molecule has 236 valence electrons. The average molecular weight is 614 g/mol. The van der Waals surface area contributed by atoms with Gasteiger partial charge >= 0.3 is 12.3 Å². The van der Waals surface area contributed by atoms with Gasteiger partial charge in [-0.25, -0.2) is 9.48 Å². The minimum absolute atomic E-state index is 0.0480. The van der Waals surface area contributed by atoms with Crippen molar-refractivity contribution in [1.29, 1.82) is 0 Å². The van der Waals surface area contributed by atoms with Gasteiger partial charge in [0.2, 0.25) is 0 Å². The molecule has 2 amide bonds. The van der Waals surface area contributed by atoms with Crippen LogP contribution in [0.3, 0.4) is 0 Å². The number of ether oxygens (including phenoxy) is 2. The van der Waals surface area contributed by atoms with Gasteiger partial charge < -0.3 is 14.4 Å². The van der Waals surface area contributed by atoms with Crippen LogP contribution < -0.4 is 0 Å². The van der Waals surface area contributed by atoms with Crippen molar-refractivity contribution in [3.05, 3.63) is 77.1 Å². The van der Waals surface area contributed by atoms with Gasteiger partial charge in [-0.15, -0.1) is 5.10 Å². The van der Waals surface area contributed by atoms with Crippen LogP contribution in [0.15, 0.2) is 54.7 Å². The number of halogens is 3. The smallest absolute Gasteiger partial charge is 0.416 e. The van der Waals surface area contributed by atoms with Crippen LogP contribution in [-0.4, -0.2) is 60.8 Å². The Kier molecular flexibility index (Phi) is 8.02. The molecule has 4 atom stereocenters. The van der Waals surface area contributed by atoms with Crippen molar-refractivity contribution >= 4 is 12.0 Å². The van der Waals surface area contributed by atoms with E-state index in [-0.39, 0.29) is 17.9 Å². The average Bonchev–Trinajstić information content (AvgIpc) is 3.61. The molecule has 3 heterocycles. The van der Waals surface area contributed by atoms with Crippen LogP contribution in [0.2, 0.25) is 0 Å². The van der Waals surface area contributed by atoms with E-state index in [0.717, 1.165) is 12.1 Å². The van der Waals surface area contributed by atoms with E-state index in [1.165, 1.54) is 21.7 Å². The molecule has 0 N–H and O–H groups in total. The molecular formula is C32H38F3N5O4. The number of aromatic nitrogens is 3. The number of carbonyl (C=O) groups excluding carboxylic acids is 2. The summed E-state index contributed by atoms with van der Waals surface area (Å²) >= 11 is 0. The Bertz CT molecular complexity index is 1530. The zero-order valence-electron chi connectivity index (χ0n) is 25.9. The highest BCUT2D eigenvalue weighted by Crippen LogP contribution is 2.42. The first-order valence-electron chi connectivity index (χ1n) is 14.7. The van der Waals surface area contributed by atoms with Gasteiger partial charge in [0.1, 0.15) is 23.1 Å². The highest BCUT2D eigenvalue weighted by Gasteiger charge is 2.51. The second-order valence-corrected chi connectivity index (χ2v) is 13.0. The summed E-state index contributed by atoms with van der Waals surface area (Å²) < 4.78 is 52.8. The Morgan fingerprint density at radius 3 is 2.30 bits per heavy atom. The molecule has 0 bridgehead atoms. The lowest BCUT2D eigenvalue weighted by Crippen LogP contribution is -2.47. The third kappa shape index (κ3) is 6.04. The second kappa shape index (κ2) is 11.2. The van der Waals surface area contributed by atoms with E-state index in [0.29, 0.717) is 35.5 Å². The van der Waals surface area contributed by atoms with E-state index in [2.05, 4.69) is 10.3 Å². The van der Waals surface area contributed by atoms with E-state index in [9.17, 15) is 22.8 Å². The molecule has 2 unspecified atom stereocenters. The molecule has 2 saturated heterocycles. The molecule has 0 aliphatic carbocycles. The third-order valence-electron chi connectivity index (χ3n) is 8.10. The number of rotatable bonds is 4. The molecule has 2 aliphatic rings. The summed E-state index contributed by atoms with van der Waals surface area (Å²) in [5.74, 6) is -0.215. The quantitative estimate of drug-likeness (QED) is 0.317. The van der Waals surface area contributed by atoms with Crippen LogP contribution in [0.1, 0.15) is 94.1 Å². The van der Waals surface area contributed by atoms with Gasteiger partial charge in [-0.3, -0.25) is 9.69 Å². The second-order valence-electron chi connectivity index (χ2n) is 13.0. The molecule has 3 aromatic rings. The number of para-hydroxylation sites is 1. The lowest BCUT2D eigenvalue weighted by molar-refractivity contribution is -0.137. The zero-order valence-corrected chi connectivity index (χ0v) is 25.9. The molecule has 9 nitrogen and oxygen atoms in total. The fourth-order valence-corrected chi connectivity index (χ4v) is 6.23. The van der Waals surface area contributed by atoms with Crippen LogP contribution in [0, 0.1) is 5.92 Å². The number of nitrogens with zero attached hydrogens (tertiary/aromatic N) is 5. The maximum Gasteiger partial charge on any atom is 0.416 e. The SMILES string of the molecule is CC1CCN(C(=O)c2ccccc2-n2cc([C@@H]3[C@@H](C)OC(C)(C)N3C(=O)OC(C)(C)C)nn2)C1c1ccc(C(F)(F)F)cc1. The highest BCUT2D eigenvalue weighted by atomic mass is 19.4. The van der Waals surface area contributed by atoms with Crippen molar-refractivity contribution in [2.45, 2.75) is 90.6 Å². The number of amides is 2. The first kappa shape index (κ1) is 31.5. The normalized spacial score (nSPS) is 23.7. The van der Waals surface area contributed by atoms with Crippen LogP contribution >= 0.6 is 0 Å². The Morgan fingerprint density at radius 1 is 1.00 bits per heavy atom. The van der Waals surface area contributed by atoms with Crippen LogP contribution in [0.25, 0.3) is 5.69 Å². The number of hydrogen-bond acceptors (Lipinski definition) is 6. The predicted octanol–water partition coefficient (Wildman–Crippen LogP) is 6.94. The topological polar surface area (TPSA) is 89.8 Å². The molecule has 2 fully saturated rings. The summed E-state index contributed by atoms with van der Waals surface area (Å²) in [6.45, 7) is 13.3. The Morgan fingerprint density at radius 2 is 1.66 bits per heavy atom. The summed E-state index contributed by atoms with van der Waals surface area (Å²) in [5.41, 5.74) is -0.444. The van der Waals surface area contributed by atoms with Crippen molar-refractivity contribution in [2.75, 3.05) is 6.54 Å². The molecular weight excluding hydrogens is 575 g/mol. The lowest BCUT2D eigenvalue weighted by Gasteiger charge is -2.34. The van der Waals surface area contributed by atoms with Crippen LogP contribution in [0.5, 0.6) is 0 Å². The lowest BCUT2D eigenvalue weighted by atomic mass is 9.94. The number of alkyl halides is 3. The molecule has 0 spiro atoms. The fraction of sp³-hybridized carbons (Fsp3) is 0.500. The molecule has 2 aromatic carbocycles. The van der Waals surface area contributed by atoms with Gasteiger partial charge in [0.15, 0.2) is 0 Å². The summed E-state index contributed by atoms with van der Waals surface area (Å²) in [5, 5.41) is 8.72. The van der Waals surface area contributed by atoms with Gasteiger partial charge in [-0.05, 0) is 83.7 Å². The van der Waals surface area contributed by atoms with E-state index in [4.69, 9.17) is 9.47 Å². The van der Waals surface area contributed by atoms with E-state index < -0.39 is 41.3 Å². The molecule has 5 rings (SSSR count). The highest BCUT2D eigenvalue weighted by molar-refractivity contribution is 5.98. The fourth-order valence-electron chi connectivity index (χ4n) is 6.23. The Hall–Kier alpha value is -3.93. The van der Waals surface area contributed by atoms with E-state index in [1.54, 1.807) is 70.0 Å². The van der Waals surface area contributed by atoms with E-state index >= 15 is 0 Å². The zero-order chi connectivity index (χ0) is 32.2. The molecule has 12 heteroatoms. The van der Waals surface area contributed by atoms with Crippen LogP contribution in [-0.2, 0) is 15.7 Å². The molecule has 1 aromatic heterocycles. The van der Waals surface area contributed by atoms with E-state index in [1.807, 2.05) is 13.8 Å². The van der Waals surface area contributed by atoms with Gasteiger partial charge in [0.05, 0.1) is 35.2 Å². The summed E-state index contributed by atoms with van der Waals surface area (Å²) in [6, 6.07) is 11.0.